The highest BCUT2D eigenvalue weighted by Crippen LogP contribution is 2.13. The number of ether oxygens (including phenoxy) is 1. The average molecular weight is 250 g/mol. The van der Waals surface area contributed by atoms with E-state index in [0.717, 1.165) is 32.0 Å². The molecule has 1 aliphatic rings. The first-order chi connectivity index (χ1) is 8.88. The lowest BCUT2D eigenvalue weighted by atomic mass is 9.98. The standard InChI is InChI=1S/C13H22N4O/c1-2-9-18-12-5-8-15-13(17-12)16-10-11-3-6-14-7-4-11/h5,8,11,14H,2-4,6-7,9-10H2,1H3,(H,15,16,17). The zero-order chi connectivity index (χ0) is 12.6. The van der Waals surface area contributed by atoms with E-state index in [4.69, 9.17) is 4.74 Å². The Kier molecular flexibility index (Phi) is 5.20. The molecule has 5 heteroatoms. The van der Waals surface area contributed by atoms with Crippen molar-refractivity contribution in [3.8, 4) is 5.88 Å². The predicted molar refractivity (Wildman–Crippen MR) is 71.9 cm³/mol. The van der Waals surface area contributed by atoms with E-state index in [1.165, 1.54) is 12.8 Å². The van der Waals surface area contributed by atoms with Gasteiger partial charge in [0.05, 0.1) is 6.61 Å². The molecule has 1 saturated heterocycles. The van der Waals surface area contributed by atoms with E-state index < -0.39 is 0 Å². The largest absolute Gasteiger partial charge is 0.478 e. The Labute approximate surface area is 108 Å². The van der Waals surface area contributed by atoms with Crippen LogP contribution in [0.15, 0.2) is 12.3 Å². The fourth-order valence-corrected chi connectivity index (χ4v) is 2.04. The van der Waals surface area contributed by atoms with E-state index >= 15 is 0 Å². The van der Waals surface area contributed by atoms with Gasteiger partial charge in [-0.1, -0.05) is 6.92 Å². The maximum atomic E-state index is 5.49. The Morgan fingerprint density at radius 1 is 1.44 bits per heavy atom. The molecule has 0 amide bonds. The van der Waals surface area contributed by atoms with E-state index in [0.29, 0.717) is 18.4 Å². The number of hydrogen-bond donors (Lipinski definition) is 2. The first kappa shape index (κ1) is 13.1. The summed E-state index contributed by atoms with van der Waals surface area (Å²) < 4.78 is 5.49. The molecule has 0 saturated carbocycles. The zero-order valence-electron chi connectivity index (χ0n) is 11.0. The average Bonchev–Trinajstić information content (AvgIpc) is 2.44. The number of nitrogens with one attached hydrogen (secondary N) is 2. The van der Waals surface area contributed by atoms with Gasteiger partial charge in [-0.25, -0.2) is 4.98 Å². The Balaban J connectivity index is 1.80. The van der Waals surface area contributed by atoms with Crippen molar-refractivity contribution in [2.24, 2.45) is 5.92 Å². The molecule has 1 fully saturated rings. The predicted octanol–water partition coefficient (Wildman–Crippen LogP) is 1.68. The van der Waals surface area contributed by atoms with Crippen LogP contribution in [-0.4, -0.2) is 36.2 Å². The molecule has 0 aliphatic carbocycles. The number of rotatable bonds is 6. The molecule has 0 aromatic carbocycles. The third-order valence-corrected chi connectivity index (χ3v) is 3.09. The van der Waals surface area contributed by atoms with Crippen LogP contribution in [0.1, 0.15) is 26.2 Å². The number of anilines is 1. The Morgan fingerprint density at radius 2 is 2.28 bits per heavy atom. The molecule has 2 heterocycles. The molecule has 0 unspecified atom stereocenters. The highest BCUT2D eigenvalue weighted by atomic mass is 16.5. The smallest absolute Gasteiger partial charge is 0.225 e. The van der Waals surface area contributed by atoms with Gasteiger partial charge in [0.25, 0.3) is 0 Å². The van der Waals surface area contributed by atoms with Crippen LogP contribution in [0.2, 0.25) is 0 Å². The van der Waals surface area contributed by atoms with Crippen LogP contribution in [0.5, 0.6) is 5.88 Å². The third-order valence-electron chi connectivity index (χ3n) is 3.09. The maximum absolute atomic E-state index is 5.49. The van der Waals surface area contributed by atoms with Gasteiger partial charge in [-0.2, -0.15) is 4.98 Å². The summed E-state index contributed by atoms with van der Waals surface area (Å²) in [6.45, 7) is 5.96. The van der Waals surface area contributed by atoms with E-state index in [-0.39, 0.29) is 0 Å². The third kappa shape index (κ3) is 4.14. The van der Waals surface area contributed by atoms with Gasteiger partial charge in [0.15, 0.2) is 0 Å². The second-order valence-corrected chi connectivity index (χ2v) is 4.64. The number of piperidine rings is 1. The molecule has 0 atom stereocenters. The van der Waals surface area contributed by atoms with Crippen molar-refractivity contribution >= 4 is 5.95 Å². The van der Waals surface area contributed by atoms with E-state index in [9.17, 15) is 0 Å². The lowest BCUT2D eigenvalue weighted by Gasteiger charge is -2.22. The lowest BCUT2D eigenvalue weighted by Crippen LogP contribution is -2.31. The minimum Gasteiger partial charge on any atom is -0.478 e. The van der Waals surface area contributed by atoms with Crippen molar-refractivity contribution in [2.45, 2.75) is 26.2 Å². The molecule has 18 heavy (non-hydrogen) atoms. The highest BCUT2D eigenvalue weighted by Gasteiger charge is 2.12. The van der Waals surface area contributed by atoms with Gasteiger partial charge >= 0.3 is 0 Å². The molecular weight excluding hydrogens is 228 g/mol. The van der Waals surface area contributed by atoms with Gasteiger partial charge in [-0.05, 0) is 38.3 Å². The second-order valence-electron chi connectivity index (χ2n) is 4.64. The molecule has 0 radical (unpaired) electrons. The fourth-order valence-electron chi connectivity index (χ4n) is 2.04. The van der Waals surface area contributed by atoms with Gasteiger partial charge in [0, 0.05) is 18.8 Å². The van der Waals surface area contributed by atoms with Crippen LogP contribution < -0.4 is 15.4 Å². The van der Waals surface area contributed by atoms with Gasteiger partial charge in [-0.3, -0.25) is 0 Å². The first-order valence-electron chi connectivity index (χ1n) is 6.79. The first-order valence-corrected chi connectivity index (χ1v) is 6.79. The summed E-state index contributed by atoms with van der Waals surface area (Å²) in [5.41, 5.74) is 0. The summed E-state index contributed by atoms with van der Waals surface area (Å²) in [5, 5.41) is 6.67. The summed E-state index contributed by atoms with van der Waals surface area (Å²) >= 11 is 0. The summed E-state index contributed by atoms with van der Waals surface area (Å²) in [5.74, 6) is 2.04. The van der Waals surface area contributed by atoms with Crippen molar-refractivity contribution in [1.82, 2.24) is 15.3 Å². The number of aromatic nitrogens is 2. The molecule has 100 valence electrons. The van der Waals surface area contributed by atoms with Crippen LogP contribution in [0.25, 0.3) is 0 Å². The van der Waals surface area contributed by atoms with Crippen molar-refractivity contribution < 1.29 is 4.74 Å². The van der Waals surface area contributed by atoms with Crippen molar-refractivity contribution in [3.05, 3.63) is 12.3 Å². The molecular formula is C13H22N4O. The molecule has 1 aromatic rings. The molecule has 1 aromatic heterocycles. The van der Waals surface area contributed by atoms with Crippen LogP contribution in [0.3, 0.4) is 0 Å². The Morgan fingerprint density at radius 3 is 3.06 bits per heavy atom. The Bertz CT molecular complexity index is 353. The minimum absolute atomic E-state index is 0.652. The van der Waals surface area contributed by atoms with Gasteiger partial charge < -0.3 is 15.4 Å². The molecule has 2 rings (SSSR count). The number of hydrogen-bond acceptors (Lipinski definition) is 5. The monoisotopic (exact) mass is 250 g/mol. The number of nitrogens with zero attached hydrogens (tertiary/aromatic N) is 2. The normalized spacial score (nSPS) is 16.5. The molecule has 1 aliphatic heterocycles. The van der Waals surface area contributed by atoms with Crippen LogP contribution in [0, 0.1) is 5.92 Å². The minimum atomic E-state index is 0.652. The van der Waals surface area contributed by atoms with Crippen LogP contribution in [0.4, 0.5) is 5.95 Å². The second kappa shape index (κ2) is 7.16. The van der Waals surface area contributed by atoms with E-state index in [1.54, 1.807) is 12.3 Å². The van der Waals surface area contributed by atoms with Gasteiger partial charge in [0.2, 0.25) is 11.8 Å². The fraction of sp³-hybridized carbons (Fsp3) is 0.692. The molecule has 2 N–H and O–H groups in total. The van der Waals surface area contributed by atoms with Crippen molar-refractivity contribution in [1.29, 1.82) is 0 Å². The van der Waals surface area contributed by atoms with Gasteiger partial charge in [0.1, 0.15) is 0 Å². The van der Waals surface area contributed by atoms with Crippen molar-refractivity contribution in [2.75, 3.05) is 31.6 Å². The van der Waals surface area contributed by atoms with E-state index in [2.05, 4.69) is 27.5 Å². The quantitative estimate of drug-likeness (QED) is 0.804. The topological polar surface area (TPSA) is 59.1 Å². The zero-order valence-corrected chi connectivity index (χ0v) is 11.0. The maximum Gasteiger partial charge on any atom is 0.225 e. The highest BCUT2D eigenvalue weighted by molar-refractivity contribution is 5.27. The summed E-state index contributed by atoms with van der Waals surface area (Å²) in [7, 11) is 0. The molecule has 5 nitrogen and oxygen atoms in total. The summed E-state index contributed by atoms with van der Waals surface area (Å²) in [6, 6.07) is 1.80. The Hall–Kier alpha value is -1.36. The van der Waals surface area contributed by atoms with Crippen LogP contribution in [-0.2, 0) is 0 Å². The lowest BCUT2D eigenvalue weighted by molar-refractivity contribution is 0.305. The van der Waals surface area contributed by atoms with Gasteiger partial charge in [-0.15, -0.1) is 0 Å². The molecule has 0 bridgehead atoms. The van der Waals surface area contributed by atoms with Crippen molar-refractivity contribution in [3.63, 3.8) is 0 Å². The summed E-state index contributed by atoms with van der Waals surface area (Å²) in [6.07, 6.45) is 5.17. The van der Waals surface area contributed by atoms with E-state index in [1.807, 2.05) is 0 Å². The van der Waals surface area contributed by atoms with Crippen LogP contribution >= 0.6 is 0 Å². The summed E-state index contributed by atoms with van der Waals surface area (Å²) in [4.78, 5) is 8.55. The SMILES string of the molecule is CCCOc1ccnc(NCC2CCNCC2)n1. The molecule has 0 spiro atoms.